The van der Waals surface area contributed by atoms with Crippen LogP contribution in [0, 0.1) is 6.92 Å². The normalized spacial score (nSPS) is 11.1. The summed E-state index contributed by atoms with van der Waals surface area (Å²) in [5.41, 5.74) is 7.05. The number of carbonyl (C=O) groups is 1. The van der Waals surface area contributed by atoms with Crippen LogP contribution in [0.1, 0.15) is 22.8 Å². The van der Waals surface area contributed by atoms with E-state index in [1.807, 2.05) is 18.2 Å². The number of aryl methyl sites for hydroxylation is 1. The van der Waals surface area contributed by atoms with Gasteiger partial charge in [-0.1, -0.05) is 24.3 Å². The van der Waals surface area contributed by atoms with Gasteiger partial charge in [-0.15, -0.1) is 0 Å². The van der Waals surface area contributed by atoms with Gasteiger partial charge in [-0.3, -0.25) is 0 Å². The van der Waals surface area contributed by atoms with Gasteiger partial charge >= 0.3 is 5.97 Å². The number of rotatable bonds is 2. The van der Waals surface area contributed by atoms with E-state index < -0.39 is 5.97 Å². The number of hydrogen-bond acceptors (Lipinski definition) is 5. The lowest BCUT2D eigenvalue weighted by Gasteiger charge is -2.07. The number of fused-ring (bicyclic) bond motifs is 3. The van der Waals surface area contributed by atoms with Crippen LogP contribution in [-0.4, -0.2) is 17.7 Å². The average molecular weight is 285 g/mol. The van der Waals surface area contributed by atoms with Gasteiger partial charge in [-0.25, -0.2) is 4.79 Å². The number of phenolic OH excluding ortho intramolecular Hbond substituents is 1. The summed E-state index contributed by atoms with van der Waals surface area (Å²) in [5, 5.41) is 12.2. The summed E-state index contributed by atoms with van der Waals surface area (Å²) in [7, 11) is 0. The van der Waals surface area contributed by atoms with E-state index >= 15 is 0 Å². The number of furan rings is 1. The number of anilines is 1. The largest absolute Gasteiger partial charge is 0.507 e. The van der Waals surface area contributed by atoms with Crippen LogP contribution in [0.15, 0.2) is 28.7 Å². The molecule has 0 radical (unpaired) electrons. The first kappa shape index (κ1) is 13.3. The van der Waals surface area contributed by atoms with E-state index in [2.05, 4.69) is 0 Å². The Morgan fingerprint density at radius 2 is 2.00 bits per heavy atom. The van der Waals surface area contributed by atoms with Crippen molar-refractivity contribution in [3.8, 4) is 5.75 Å². The van der Waals surface area contributed by atoms with Crippen LogP contribution in [0.5, 0.6) is 5.75 Å². The molecule has 0 spiro atoms. The first-order chi connectivity index (χ1) is 10.1. The molecule has 108 valence electrons. The number of aromatic hydroxyl groups is 1. The molecule has 5 nitrogen and oxygen atoms in total. The van der Waals surface area contributed by atoms with E-state index in [0.717, 1.165) is 0 Å². The average Bonchev–Trinajstić information content (AvgIpc) is 2.83. The fourth-order valence-corrected chi connectivity index (χ4v) is 2.61. The van der Waals surface area contributed by atoms with Crippen LogP contribution in [0.25, 0.3) is 21.7 Å². The number of esters is 1. The third-order valence-electron chi connectivity index (χ3n) is 3.57. The van der Waals surface area contributed by atoms with Crippen LogP contribution < -0.4 is 5.73 Å². The Kier molecular flexibility index (Phi) is 2.97. The van der Waals surface area contributed by atoms with E-state index in [-0.39, 0.29) is 23.8 Å². The van der Waals surface area contributed by atoms with Gasteiger partial charge in [0.25, 0.3) is 0 Å². The Hall–Kier alpha value is -2.69. The molecule has 0 aliphatic carbocycles. The van der Waals surface area contributed by atoms with Gasteiger partial charge in [0.15, 0.2) is 0 Å². The first-order valence-corrected chi connectivity index (χ1v) is 6.65. The molecular formula is C16H15NO4. The summed E-state index contributed by atoms with van der Waals surface area (Å²) < 4.78 is 10.6. The van der Waals surface area contributed by atoms with Crippen molar-refractivity contribution in [3.63, 3.8) is 0 Å². The summed E-state index contributed by atoms with van der Waals surface area (Å²) in [5.74, 6) is -0.432. The number of carbonyl (C=O) groups excluding carboxylic acids is 1. The minimum absolute atomic E-state index is 0.00213. The lowest BCUT2D eigenvalue weighted by molar-refractivity contribution is 0.0529. The van der Waals surface area contributed by atoms with Gasteiger partial charge in [0.2, 0.25) is 5.88 Å². The maximum absolute atomic E-state index is 12.1. The van der Waals surface area contributed by atoms with Crippen molar-refractivity contribution in [2.75, 3.05) is 12.3 Å². The summed E-state index contributed by atoms with van der Waals surface area (Å²) in [6.07, 6.45) is 0. The molecule has 0 atom stereocenters. The van der Waals surface area contributed by atoms with Gasteiger partial charge in [0, 0.05) is 21.7 Å². The zero-order valence-electron chi connectivity index (χ0n) is 11.8. The van der Waals surface area contributed by atoms with E-state index in [4.69, 9.17) is 14.9 Å². The maximum atomic E-state index is 12.1. The monoisotopic (exact) mass is 285 g/mol. The Balaban J connectivity index is 2.48. The SMILES string of the molecule is CCOC(=O)c1c(N)oc2c1c(C)c(O)c1ccccc12. The molecule has 5 heteroatoms. The van der Waals surface area contributed by atoms with Gasteiger partial charge in [-0.05, 0) is 13.8 Å². The quantitative estimate of drug-likeness (QED) is 0.705. The fourth-order valence-electron chi connectivity index (χ4n) is 2.61. The second-order valence-corrected chi connectivity index (χ2v) is 4.79. The topological polar surface area (TPSA) is 85.7 Å². The van der Waals surface area contributed by atoms with E-state index in [0.29, 0.717) is 27.3 Å². The molecule has 3 rings (SSSR count). The highest BCUT2D eigenvalue weighted by atomic mass is 16.5. The summed E-state index contributed by atoms with van der Waals surface area (Å²) in [6.45, 7) is 3.68. The van der Waals surface area contributed by atoms with E-state index in [1.54, 1.807) is 19.9 Å². The van der Waals surface area contributed by atoms with Gasteiger partial charge in [-0.2, -0.15) is 0 Å². The Morgan fingerprint density at radius 3 is 2.67 bits per heavy atom. The predicted octanol–water partition coefficient (Wildman–Crippen LogP) is 3.36. The highest BCUT2D eigenvalue weighted by Crippen LogP contribution is 2.41. The zero-order valence-corrected chi connectivity index (χ0v) is 11.8. The molecule has 0 bridgehead atoms. The summed E-state index contributed by atoms with van der Waals surface area (Å²) in [4.78, 5) is 12.1. The van der Waals surface area contributed by atoms with Crippen molar-refractivity contribution in [1.82, 2.24) is 0 Å². The second kappa shape index (κ2) is 4.70. The standard InChI is InChI=1S/C16H15NO4/c1-3-20-16(19)12-11-8(2)13(18)9-6-4-5-7-10(9)14(11)21-15(12)17/h4-7,18H,3,17H2,1-2H3. The van der Waals surface area contributed by atoms with Crippen molar-refractivity contribution in [1.29, 1.82) is 0 Å². The molecule has 1 heterocycles. The number of ether oxygens (including phenoxy) is 1. The fraction of sp³-hybridized carbons (Fsp3) is 0.188. The molecule has 0 amide bonds. The molecule has 0 unspecified atom stereocenters. The molecule has 0 saturated heterocycles. The zero-order chi connectivity index (χ0) is 15.1. The first-order valence-electron chi connectivity index (χ1n) is 6.65. The van der Waals surface area contributed by atoms with Crippen LogP contribution in [0.3, 0.4) is 0 Å². The molecule has 3 aromatic rings. The number of phenols is 1. The molecule has 1 aromatic heterocycles. The number of nitrogens with two attached hydrogens (primary N) is 1. The predicted molar refractivity (Wildman–Crippen MR) is 80.5 cm³/mol. The minimum Gasteiger partial charge on any atom is -0.507 e. The van der Waals surface area contributed by atoms with Crippen molar-refractivity contribution in [3.05, 3.63) is 35.4 Å². The number of benzene rings is 2. The van der Waals surface area contributed by atoms with Crippen LogP contribution in [-0.2, 0) is 4.74 Å². The van der Waals surface area contributed by atoms with Gasteiger partial charge < -0.3 is 20.0 Å². The molecule has 3 N–H and O–H groups in total. The highest BCUT2D eigenvalue weighted by molar-refractivity contribution is 6.17. The van der Waals surface area contributed by atoms with Crippen molar-refractivity contribution in [2.24, 2.45) is 0 Å². The molecule has 2 aromatic carbocycles. The number of hydrogen-bond donors (Lipinski definition) is 2. The van der Waals surface area contributed by atoms with Gasteiger partial charge in [0.1, 0.15) is 16.9 Å². The summed E-state index contributed by atoms with van der Waals surface area (Å²) in [6, 6.07) is 7.26. The van der Waals surface area contributed by atoms with E-state index in [1.165, 1.54) is 0 Å². The lowest BCUT2D eigenvalue weighted by Crippen LogP contribution is -2.06. The third-order valence-corrected chi connectivity index (χ3v) is 3.57. The van der Waals surface area contributed by atoms with Crippen LogP contribution in [0.4, 0.5) is 5.88 Å². The highest BCUT2D eigenvalue weighted by Gasteiger charge is 2.25. The molecule has 0 aliphatic rings. The molecule has 21 heavy (non-hydrogen) atoms. The Morgan fingerprint density at radius 1 is 1.33 bits per heavy atom. The molecule has 0 fully saturated rings. The van der Waals surface area contributed by atoms with Gasteiger partial charge in [0.05, 0.1) is 6.61 Å². The van der Waals surface area contributed by atoms with Crippen molar-refractivity contribution in [2.45, 2.75) is 13.8 Å². The van der Waals surface area contributed by atoms with Crippen LogP contribution >= 0.6 is 0 Å². The third kappa shape index (κ3) is 1.81. The molecular weight excluding hydrogens is 270 g/mol. The molecule has 0 saturated carbocycles. The van der Waals surface area contributed by atoms with Crippen LogP contribution in [0.2, 0.25) is 0 Å². The second-order valence-electron chi connectivity index (χ2n) is 4.79. The Labute approximate surface area is 120 Å². The number of nitrogen functional groups attached to an aromatic ring is 1. The Bertz CT molecular complexity index is 864. The smallest absolute Gasteiger partial charge is 0.344 e. The van der Waals surface area contributed by atoms with Crippen molar-refractivity contribution < 1.29 is 19.1 Å². The van der Waals surface area contributed by atoms with E-state index in [9.17, 15) is 9.90 Å². The lowest BCUT2D eigenvalue weighted by atomic mass is 9.99. The summed E-state index contributed by atoms with van der Waals surface area (Å²) >= 11 is 0. The van der Waals surface area contributed by atoms with Crippen molar-refractivity contribution >= 4 is 33.6 Å². The molecule has 0 aliphatic heterocycles. The maximum Gasteiger partial charge on any atom is 0.344 e. The minimum atomic E-state index is -0.550.